The number of ketones is 2. The predicted molar refractivity (Wildman–Crippen MR) is 304 cm³/mol. The molecule has 0 aliphatic heterocycles. The van der Waals surface area contributed by atoms with Gasteiger partial charge in [-0.25, -0.2) is 35.4 Å². The van der Waals surface area contributed by atoms with Gasteiger partial charge in [0, 0.05) is 17.7 Å². The first kappa shape index (κ1) is 71.0. The van der Waals surface area contributed by atoms with Gasteiger partial charge in [0.25, 0.3) is 0 Å². The van der Waals surface area contributed by atoms with Gasteiger partial charge in [-0.3, -0.25) is 9.59 Å². The van der Waals surface area contributed by atoms with E-state index in [1.54, 1.807) is 102 Å². The third kappa shape index (κ3) is 20.0. The van der Waals surface area contributed by atoms with Crippen LogP contribution in [-0.2, 0) is 55.5 Å². The Bertz CT molecular complexity index is 3330. The first-order chi connectivity index (χ1) is 39.5. The number of nitrogens with one attached hydrogen (secondary N) is 2. The molecule has 0 bridgehead atoms. The van der Waals surface area contributed by atoms with Crippen LogP contribution in [0.15, 0.2) is 157 Å². The van der Waals surface area contributed by atoms with Crippen LogP contribution >= 0.6 is 15.9 Å². The molecule has 0 aliphatic carbocycles. The second-order valence-corrected chi connectivity index (χ2v) is 25.3. The molecule has 0 fully saturated rings. The number of ether oxygens (including phenoxy) is 2. The van der Waals surface area contributed by atoms with Crippen molar-refractivity contribution in [2.24, 2.45) is 0 Å². The van der Waals surface area contributed by atoms with Crippen molar-refractivity contribution < 1.29 is 90.4 Å². The largest absolute Gasteiger partial charge is 0.461 e. The van der Waals surface area contributed by atoms with Gasteiger partial charge in [-0.15, -0.1) is 0 Å². The third-order valence-electron chi connectivity index (χ3n) is 11.9. The molecule has 460 valence electrons. The van der Waals surface area contributed by atoms with Crippen LogP contribution in [0.2, 0.25) is 0 Å². The van der Waals surface area contributed by atoms with Crippen molar-refractivity contribution in [3.63, 3.8) is 0 Å². The highest BCUT2D eigenvalue weighted by molar-refractivity contribution is 9.10. The molecule has 25 heteroatoms. The number of hydrogen-bond donors (Lipinski definition) is 4. The smallest absolute Gasteiger partial charge is 0.428 e. The van der Waals surface area contributed by atoms with Crippen LogP contribution in [0.5, 0.6) is 11.5 Å². The van der Waals surface area contributed by atoms with E-state index in [0.29, 0.717) is 28.8 Å². The number of carbonyl (C=O) groups excluding carboxylic acids is 2. The molecule has 6 aromatic carbocycles. The Kier molecular flexibility index (Phi) is 25.3. The van der Waals surface area contributed by atoms with E-state index in [4.69, 9.17) is 10.2 Å². The first-order valence-electron chi connectivity index (χ1n) is 25.1. The maximum atomic E-state index is 15.0. The van der Waals surface area contributed by atoms with Gasteiger partial charge >= 0.3 is 25.1 Å². The summed E-state index contributed by atoms with van der Waals surface area (Å²) in [5.41, 5.74) is -1.94. The van der Waals surface area contributed by atoms with Crippen LogP contribution in [-0.4, -0.2) is 78.0 Å². The average molecular weight is 1310 g/mol. The predicted octanol–water partition coefficient (Wildman–Crippen LogP) is 13.6. The fraction of sp³-hybridized carbons (Fsp3) is 0.300. The van der Waals surface area contributed by atoms with E-state index in [-0.39, 0.29) is 45.4 Å². The van der Waals surface area contributed by atoms with Crippen molar-refractivity contribution in [1.29, 1.82) is 0 Å². The SMILES string of the molecule is C=CC(=O)CO.CC(C)(C)[S@@](=O)N[C@@](Cc1ccccc1)(c1cc(F)cc(OC(F)(F)C(F)F)c1)c1ccc(F)c(/C=C/C(=O)CO)c1.CC(C)(C)[S@@](=O)N[C@@](Cc1ccccc1)(c1cc(F)cc(OC(F)(F)C(F)F)c1)c1ccc(F)c(Br)c1. The molecule has 0 radical (unpaired) electrons. The Morgan fingerprint density at radius 2 is 0.953 bits per heavy atom. The molecule has 0 spiro atoms. The minimum atomic E-state index is -4.94. The van der Waals surface area contributed by atoms with Gasteiger partial charge in [0.15, 0.2) is 11.6 Å². The lowest BCUT2D eigenvalue weighted by molar-refractivity contribution is -0.253. The minimum absolute atomic E-state index is 0.00185. The molecular formula is C60H59BrF12N2O8S2. The maximum Gasteiger partial charge on any atom is 0.461 e. The van der Waals surface area contributed by atoms with Crippen molar-refractivity contribution in [3.05, 3.63) is 219 Å². The van der Waals surface area contributed by atoms with Crippen molar-refractivity contribution >= 4 is 55.5 Å². The summed E-state index contributed by atoms with van der Waals surface area (Å²) in [5.74, 6) is -6.39. The summed E-state index contributed by atoms with van der Waals surface area (Å²) >= 11 is 3.13. The van der Waals surface area contributed by atoms with Gasteiger partial charge < -0.3 is 19.7 Å². The van der Waals surface area contributed by atoms with E-state index in [9.17, 15) is 66.3 Å². The molecular weight excluding hydrogens is 1250 g/mol. The Morgan fingerprint density at radius 3 is 1.29 bits per heavy atom. The molecule has 0 unspecified atom stereocenters. The number of aliphatic hydroxyl groups is 2. The Labute approximate surface area is 496 Å². The van der Waals surface area contributed by atoms with Crippen molar-refractivity contribution in [2.45, 2.75) is 100 Å². The van der Waals surface area contributed by atoms with Crippen LogP contribution in [0.1, 0.15) is 80.5 Å². The van der Waals surface area contributed by atoms with Crippen LogP contribution in [0, 0.1) is 23.3 Å². The van der Waals surface area contributed by atoms with Gasteiger partial charge in [-0.1, -0.05) is 79.4 Å². The number of aliphatic hydroxyl groups excluding tert-OH is 2. The quantitative estimate of drug-likeness (QED) is 0.0366. The summed E-state index contributed by atoms with van der Waals surface area (Å²) in [6.07, 6.45) is -15.2. The normalized spacial score (nSPS) is 14.2. The van der Waals surface area contributed by atoms with Crippen LogP contribution in [0.3, 0.4) is 0 Å². The molecule has 10 nitrogen and oxygen atoms in total. The van der Waals surface area contributed by atoms with Gasteiger partial charge in [0.1, 0.15) is 48.0 Å². The highest BCUT2D eigenvalue weighted by Crippen LogP contribution is 2.42. The molecule has 4 N–H and O–H groups in total. The minimum Gasteiger partial charge on any atom is -0.428 e. The topological polar surface area (TPSA) is 151 Å². The highest BCUT2D eigenvalue weighted by Gasteiger charge is 2.47. The second-order valence-electron chi connectivity index (χ2n) is 20.5. The van der Waals surface area contributed by atoms with Gasteiger partial charge in [0.2, 0.25) is 0 Å². The number of alkyl halides is 8. The van der Waals surface area contributed by atoms with Crippen molar-refractivity contribution in [1.82, 2.24) is 9.44 Å². The maximum absolute atomic E-state index is 15.0. The van der Waals surface area contributed by atoms with Crippen LogP contribution in [0.4, 0.5) is 52.7 Å². The lowest BCUT2D eigenvalue weighted by Crippen LogP contribution is -2.50. The first-order valence-corrected chi connectivity index (χ1v) is 28.2. The molecule has 0 aliphatic rings. The average Bonchev–Trinajstić information content (AvgIpc) is 1.01. The summed E-state index contributed by atoms with van der Waals surface area (Å²) < 4.78 is 205. The fourth-order valence-corrected chi connectivity index (χ4v) is 9.85. The summed E-state index contributed by atoms with van der Waals surface area (Å²) in [5, 5.41) is 16.9. The molecule has 0 heterocycles. The molecule has 0 saturated carbocycles. The Morgan fingerprint density at radius 1 is 0.565 bits per heavy atom. The molecule has 0 saturated heterocycles. The van der Waals surface area contributed by atoms with Gasteiger partial charge in [-0.2, -0.15) is 35.1 Å². The standard InChI is InChI=1S/C30H29F6NO4S.C26H24BrF6NO2S.C4H6O2/c1-28(2,3)42(40)37-29(17-19-7-5-4-6-8-19,21-10-12-26(32)20(13-21)9-11-24(39)18-38)22-14-23(31)16-25(15-22)41-30(35,36)27(33)34;1-24(2,3)37(35)34-25(15-16-7-5-4-6-8-16,17-9-10-22(29)21(27)13-17)18-11-19(28)14-20(12-18)36-26(32,33)23(30)31;1-2-4(6)3-5/h4-16,27,37-38H,17-18H2,1-3H3;4-14,23,34H,15H2,1-3H3;2,5H,1,3H2/b11-9+;;/t29-,42-;25-,37-;/m11./s1. The number of carbonyl (C=O) groups is 2. The molecule has 85 heavy (non-hydrogen) atoms. The second kappa shape index (κ2) is 30.2. The number of hydrogen-bond acceptors (Lipinski definition) is 8. The van der Waals surface area contributed by atoms with Gasteiger partial charge in [-0.05, 0) is 170 Å². The van der Waals surface area contributed by atoms with E-state index >= 15 is 4.39 Å². The van der Waals surface area contributed by atoms with E-state index in [1.165, 1.54) is 24.3 Å². The molecule has 0 aromatic heterocycles. The zero-order chi connectivity index (χ0) is 63.9. The number of benzene rings is 6. The van der Waals surface area contributed by atoms with E-state index in [2.05, 4.69) is 41.4 Å². The summed E-state index contributed by atoms with van der Waals surface area (Å²) in [7, 11) is -3.75. The molecule has 4 atom stereocenters. The van der Waals surface area contributed by atoms with Crippen LogP contribution < -0.4 is 18.9 Å². The molecule has 6 rings (SSSR count). The summed E-state index contributed by atoms with van der Waals surface area (Å²) in [4.78, 5) is 21.5. The van der Waals surface area contributed by atoms with E-state index in [0.717, 1.165) is 54.6 Å². The summed E-state index contributed by atoms with van der Waals surface area (Å²) in [6.45, 7) is 11.9. The van der Waals surface area contributed by atoms with Crippen molar-refractivity contribution in [2.75, 3.05) is 13.2 Å². The zero-order valence-electron chi connectivity index (χ0n) is 46.2. The zero-order valence-corrected chi connectivity index (χ0v) is 49.4. The van der Waals surface area contributed by atoms with E-state index < -0.39 is 121 Å². The van der Waals surface area contributed by atoms with Crippen molar-refractivity contribution in [3.8, 4) is 11.5 Å². The molecule has 6 aromatic rings. The lowest BCUT2D eigenvalue weighted by Gasteiger charge is -2.38. The number of rotatable bonds is 23. The Hall–Kier alpha value is -6.48. The highest BCUT2D eigenvalue weighted by atomic mass is 79.9. The number of halogens is 13. The Balaban J connectivity index is 0.000000334. The molecule has 0 amide bonds. The third-order valence-corrected chi connectivity index (χ3v) is 15.8. The van der Waals surface area contributed by atoms with E-state index in [1.807, 2.05) is 0 Å². The fourth-order valence-electron chi connectivity index (χ4n) is 7.61. The van der Waals surface area contributed by atoms with Gasteiger partial charge in [0.05, 0.1) is 47.0 Å². The lowest BCUT2D eigenvalue weighted by atomic mass is 9.78. The monoisotopic (exact) mass is 1310 g/mol. The van der Waals surface area contributed by atoms with Crippen LogP contribution in [0.25, 0.3) is 6.08 Å². The summed E-state index contributed by atoms with van der Waals surface area (Å²) in [6, 6.07) is 29.7.